The number of nitro groups is 1. The number of hydrogen-bond acceptors (Lipinski definition) is 7. The Labute approximate surface area is 196 Å². The highest BCUT2D eigenvalue weighted by molar-refractivity contribution is 7.80. The number of carbonyl (C=O) groups is 2. The lowest BCUT2D eigenvalue weighted by atomic mass is 10.1. The van der Waals surface area contributed by atoms with Crippen molar-refractivity contribution < 1.29 is 19.2 Å². The van der Waals surface area contributed by atoms with E-state index in [0.29, 0.717) is 37.0 Å². The summed E-state index contributed by atoms with van der Waals surface area (Å²) in [5, 5.41) is 14.6. The zero-order valence-electron chi connectivity index (χ0n) is 18.1. The van der Waals surface area contributed by atoms with E-state index in [2.05, 4.69) is 5.32 Å². The number of hydrogen-bond donors (Lipinski definition) is 1. The molecule has 33 heavy (non-hydrogen) atoms. The lowest BCUT2D eigenvalue weighted by Gasteiger charge is -2.36. The van der Waals surface area contributed by atoms with Gasteiger partial charge in [0.05, 0.1) is 17.1 Å². The van der Waals surface area contributed by atoms with Gasteiger partial charge in [-0.3, -0.25) is 20.2 Å². The van der Waals surface area contributed by atoms with Gasteiger partial charge in [-0.05, 0) is 42.9 Å². The molecule has 0 spiro atoms. The van der Waals surface area contributed by atoms with Gasteiger partial charge in [-0.1, -0.05) is 30.3 Å². The molecule has 1 amide bonds. The number of thiocarbonyl (C=S) groups is 1. The van der Waals surface area contributed by atoms with Gasteiger partial charge in [0.15, 0.2) is 5.11 Å². The summed E-state index contributed by atoms with van der Waals surface area (Å²) in [5.74, 6) is -0.921. The Morgan fingerprint density at radius 3 is 2.48 bits per heavy atom. The van der Waals surface area contributed by atoms with E-state index >= 15 is 0 Å². The first kappa shape index (κ1) is 23.9. The van der Waals surface area contributed by atoms with Crippen molar-refractivity contribution >= 4 is 46.7 Å². The van der Waals surface area contributed by atoms with Gasteiger partial charge in [-0.2, -0.15) is 0 Å². The molecule has 2 aromatic rings. The van der Waals surface area contributed by atoms with E-state index in [1.165, 1.54) is 18.2 Å². The summed E-state index contributed by atoms with van der Waals surface area (Å²) in [7, 11) is 0. The molecule has 1 aliphatic rings. The molecule has 0 saturated carbocycles. The Hall–Kier alpha value is -3.79. The number of amides is 1. The molecule has 172 valence electrons. The molecule has 1 aliphatic heterocycles. The van der Waals surface area contributed by atoms with Gasteiger partial charge >= 0.3 is 5.97 Å². The van der Waals surface area contributed by atoms with E-state index < -0.39 is 10.9 Å². The van der Waals surface area contributed by atoms with Crippen LogP contribution >= 0.6 is 12.2 Å². The maximum Gasteiger partial charge on any atom is 0.338 e. The standard InChI is InChI=1S/C23H24N4O5S/c1-2-32-22(29)18-9-10-19(20(16-18)27(30)31)25-12-14-26(15-13-25)23(33)24-21(28)11-8-17-6-4-3-5-7-17/h3-11,16H,2,12-15H2,1H3,(H,24,28,33)/b11-8+. The van der Waals surface area contributed by atoms with Crippen molar-refractivity contribution in [2.24, 2.45) is 0 Å². The smallest absolute Gasteiger partial charge is 0.338 e. The number of rotatable bonds is 6. The molecule has 10 heteroatoms. The van der Waals surface area contributed by atoms with Gasteiger partial charge in [0.2, 0.25) is 5.91 Å². The number of anilines is 1. The summed E-state index contributed by atoms with van der Waals surface area (Å²) in [6.45, 7) is 3.77. The molecule has 1 fully saturated rings. The predicted octanol–water partition coefficient (Wildman–Crippen LogP) is 3.01. The van der Waals surface area contributed by atoms with E-state index in [1.54, 1.807) is 19.1 Å². The Bertz CT molecular complexity index is 1070. The zero-order valence-corrected chi connectivity index (χ0v) is 18.9. The average molecular weight is 469 g/mol. The number of nitrogens with one attached hydrogen (secondary N) is 1. The number of piperazine rings is 1. The van der Waals surface area contributed by atoms with Crippen molar-refractivity contribution in [3.8, 4) is 0 Å². The molecule has 0 atom stereocenters. The van der Waals surface area contributed by atoms with Gasteiger partial charge in [-0.25, -0.2) is 4.79 Å². The minimum Gasteiger partial charge on any atom is -0.462 e. The normalized spacial score (nSPS) is 13.6. The summed E-state index contributed by atoms with van der Waals surface area (Å²) in [5.41, 5.74) is 1.31. The van der Waals surface area contributed by atoms with Crippen molar-refractivity contribution in [3.05, 3.63) is 75.8 Å². The van der Waals surface area contributed by atoms with E-state index in [9.17, 15) is 19.7 Å². The molecule has 0 unspecified atom stereocenters. The summed E-state index contributed by atoms with van der Waals surface area (Å²) in [6.07, 6.45) is 3.13. The Morgan fingerprint density at radius 1 is 1.15 bits per heavy atom. The van der Waals surface area contributed by atoms with Crippen LogP contribution < -0.4 is 10.2 Å². The van der Waals surface area contributed by atoms with E-state index in [-0.39, 0.29) is 23.8 Å². The SMILES string of the molecule is CCOC(=O)c1ccc(N2CCN(C(=S)NC(=O)/C=C/c3ccccc3)CC2)c([N+](=O)[O-])c1. The van der Waals surface area contributed by atoms with Gasteiger partial charge in [0, 0.05) is 38.3 Å². The first-order valence-corrected chi connectivity index (χ1v) is 10.8. The molecule has 3 rings (SSSR count). The highest BCUT2D eigenvalue weighted by Crippen LogP contribution is 2.30. The van der Waals surface area contributed by atoms with Crippen LogP contribution in [-0.2, 0) is 9.53 Å². The first-order chi connectivity index (χ1) is 15.9. The molecule has 9 nitrogen and oxygen atoms in total. The largest absolute Gasteiger partial charge is 0.462 e. The van der Waals surface area contributed by atoms with Crippen molar-refractivity contribution in [3.63, 3.8) is 0 Å². The van der Waals surface area contributed by atoms with Crippen LogP contribution in [0.25, 0.3) is 6.08 Å². The quantitative estimate of drug-likeness (QED) is 0.227. The van der Waals surface area contributed by atoms with Crippen molar-refractivity contribution in [2.75, 3.05) is 37.7 Å². The average Bonchev–Trinajstić information content (AvgIpc) is 2.83. The molecule has 0 aromatic heterocycles. The Kier molecular flexibility index (Phi) is 8.09. The van der Waals surface area contributed by atoms with Crippen LogP contribution in [0.4, 0.5) is 11.4 Å². The van der Waals surface area contributed by atoms with E-state index in [1.807, 2.05) is 40.1 Å². The maximum absolute atomic E-state index is 12.2. The van der Waals surface area contributed by atoms with Crippen LogP contribution in [0, 0.1) is 10.1 Å². The topological polar surface area (TPSA) is 105 Å². The molecule has 1 N–H and O–H groups in total. The number of carbonyl (C=O) groups excluding carboxylic acids is 2. The lowest BCUT2D eigenvalue weighted by molar-refractivity contribution is -0.384. The second-order valence-corrected chi connectivity index (χ2v) is 7.58. The molecule has 0 bridgehead atoms. The molecule has 1 saturated heterocycles. The van der Waals surface area contributed by atoms with Crippen LogP contribution in [0.15, 0.2) is 54.6 Å². The summed E-state index contributed by atoms with van der Waals surface area (Å²) in [6, 6.07) is 13.8. The van der Waals surface area contributed by atoms with Crippen molar-refractivity contribution in [1.82, 2.24) is 10.2 Å². The molecule has 1 heterocycles. The molecule has 0 radical (unpaired) electrons. The third kappa shape index (κ3) is 6.36. The fourth-order valence-corrected chi connectivity index (χ4v) is 3.67. The second kappa shape index (κ2) is 11.2. The van der Waals surface area contributed by atoms with Crippen LogP contribution in [0.1, 0.15) is 22.8 Å². The maximum atomic E-state index is 12.2. The third-order valence-electron chi connectivity index (χ3n) is 5.05. The fourth-order valence-electron chi connectivity index (χ4n) is 3.39. The van der Waals surface area contributed by atoms with Gasteiger partial charge in [-0.15, -0.1) is 0 Å². The number of nitro benzene ring substituents is 1. The van der Waals surface area contributed by atoms with Gasteiger partial charge in [0.25, 0.3) is 5.69 Å². The summed E-state index contributed by atoms with van der Waals surface area (Å²) in [4.78, 5) is 38.9. The number of benzene rings is 2. The van der Waals surface area contributed by atoms with Gasteiger partial charge in [0.1, 0.15) is 5.69 Å². The number of ether oxygens (including phenoxy) is 1. The third-order valence-corrected chi connectivity index (χ3v) is 5.41. The molecule has 0 aliphatic carbocycles. The highest BCUT2D eigenvalue weighted by atomic mass is 32.1. The van der Waals surface area contributed by atoms with Gasteiger partial charge < -0.3 is 14.5 Å². The highest BCUT2D eigenvalue weighted by Gasteiger charge is 2.26. The number of nitrogens with zero attached hydrogens (tertiary/aromatic N) is 3. The van der Waals surface area contributed by atoms with Crippen molar-refractivity contribution in [2.45, 2.75) is 6.92 Å². The van der Waals surface area contributed by atoms with E-state index in [0.717, 1.165) is 5.56 Å². The monoisotopic (exact) mass is 468 g/mol. The minimum absolute atomic E-state index is 0.137. The molecular weight excluding hydrogens is 444 g/mol. The van der Waals surface area contributed by atoms with Crippen LogP contribution in [0.2, 0.25) is 0 Å². The lowest BCUT2D eigenvalue weighted by Crippen LogP contribution is -2.52. The van der Waals surface area contributed by atoms with Crippen molar-refractivity contribution in [1.29, 1.82) is 0 Å². The molecule has 2 aromatic carbocycles. The van der Waals surface area contributed by atoms with Crippen LogP contribution in [0.3, 0.4) is 0 Å². The molecular formula is C23H24N4O5S. The summed E-state index contributed by atoms with van der Waals surface area (Å²) < 4.78 is 4.93. The predicted molar refractivity (Wildman–Crippen MR) is 129 cm³/mol. The summed E-state index contributed by atoms with van der Waals surface area (Å²) >= 11 is 5.36. The minimum atomic E-state index is -0.598. The first-order valence-electron chi connectivity index (χ1n) is 10.4. The van der Waals surface area contributed by atoms with Crippen LogP contribution in [0.5, 0.6) is 0 Å². The van der Waals surface area contributed by atoms with E-state index in [4.69, 9.17) is 17.0 Å². The zero-order chi connectivity index (χ0) is 23.8. The second-order valence-electron chi connectivity index (χ2n) is 7.19. The number of esters is 1. The Balaban J connectivity index is 1.59. The Morgan fingerprint density at radius 2 is 1.85 bits per heavy atom. The fraction of sp³-hybridized carbons (Fsp3) is 0.261. The van der Waals surface area contributed by atoms with Crippen LogP contribution in [-0.4, -0.2) is 59.6 Å².